The molecule has 0 aliphatic heterocycles. The van der Waals surface area contributed by atoms with E-state index in [1.54, 1.807) is 24.3 Å². The van der Waals surface area contributed by atoms with Gasteiger partial charge in [0, 0.05) is 19.2 Å². The molecule has 2 rings (SSSR count). The van der Waals surface area contributed by atoms with Crippen molar-refractivity contribution >= 4 is 28.9 Å². The highest BCUT2D eigenvalue weighted by atomic mass is 35.5. The zero-order valence-electron chi connectivity index (χ0n) is 11.3. The molecule has 0 aliphatic carbocycles. The molecule has 6 heteroatoms. The first kappa shape index (κ1) is 15.1. The van der Waals surface area contributed by atoms with E-state index in [9.17, 15) is 9.18 Å². The van der Waals surface area contributed by atoms with E-state index in [4.69, 9.17) is 16.7 Å². The summed E-state index contributed by atoms with van der Waals surface area (Å²) in [5.74, 6) is -1.23. The summed E-state index contributed by atoms with van der Waals surface area (Å²) in [4.78, 5) is 11.0. The van der Waals surface area contributed by atoms with Gasteiger partial charge in [0.05, 0.1) is 10.7 Å². The van der Waals surface area contributed by atoms with Gasteiger partial charge in [0.1, 0.15) is 0 Å². The average molecular weight is 309 g/mol. The second-order valence-corrected chi connectivity index (χ2v) is 4.92. The summed E-state index contributed by atoms with van der Waals surface area (Å²) in [6.45, 7) is 1.79. The molecule has 2 aromatic carbocycles. The van der Waals surface area contributed by atoms with Crippen LogP contribution >= 0.6 is 11.6 Å². The standard InChI is InChI=1S/C15H14ClFN2O2/c1-9(20)19-14-4-3-11(7-12(14)16)18-8-10-2-5-15(21)13(17)6-10/h2-7,18,21H,8H2,1H3,(H,19,20). The summed E-state index contributed by atoms with van der Waals surface area (Å²) in [7, 11) is 0. The van der Waals surface area contributed by atoms with Crippen molar-refractivity contribution < 1.29 is 14.3 Å². The highest BCUT2D eigenvalue weighted by molar-refractivity contribution is 6.34. The highest BCUT2D eigenvalue weighted by Gasteiger charge is 2.05. The van der Waals surface area contributed by atoms with Gasteiger partial charge >= 0.3 is 0 Å². The third-order valence-electron chi connectivity index (χ3n) is 2.79. The van der Waals surface area contributed by atoms with Crippen molar-refractivity contribution in [1.29, 1.82) is 0 Å². The van der Waals surface area contributed by atoms with Gasteiger partial charge in [-0.15, -0.1) is 0 Å². The Kier molecular flexibility index (Phi) is 4.65. The quantitative estimate of drug-likeness (QED) is 0.806. The van der Waals surface area contributed by atoms with Crippen molar-refractivity contribution in [3.63, 3.8) is 0 Å². The summed E-state index contributed by atoms with van der Waals surface area (Å²) < 4.78 is 13.2. The fourth-order valence-corrected chi connectivity index (χ4v) is 2.01. The van der Waals surface area contributed by atoms with Gasteiger partial charge in [-0.2, -0.15) is 0 Å². The fourth-order valence-electron chi connectivity index (χ4n) is 1.78. The summed E-state index contributed by atoms with van der Waals surface area (Å²) in [6.07, 6.45) is 0. The third kappa shape index (κ3) is 4.10. The molecule has 0 heterocycles. The molecular weight excluding hydrogens is 295 g/mol. The zero-order valence-corrected chi connectivity index (χ0v) is 12.0. The van der Waals surface area contributed by atoms with Crippen LogP contribution in [-0.2, 0) is 11.3 Å². The van der Waals surface area contributed by atoms with Gasteiger partial charge in [-0.05, 0) is 35.9 Å². The number of aromatic hydroxyl groups is 1. The van der Waals surface area contributed by atoms with Crippen LogP contribution in [0.5, 0.6) is 5.75 Å². The molecule has 21 heavy (non-hydrogen) atoms. The van der Waals surface area contributed by atoms with E-state index in [0.29, 0.717) is 22.8 Å². The van der Waals surface area contributed by atoms with Crippen molar-refractivity contribution in [3.05, 3.63) is 52.8 Å². The monoisotopic (exact) mass is 308 g/mol. The number of benzene rings is 2. The molecular formula is C15H14ClFN2O2. The Morgan fingerprint density at radius 3 is 2.67 bits per heavy atom. The lowest BCUT2D eigenvalue weighted by atomic mass is 10.2. The maximum Gasteiger partial charge on any atom is 0.221 e. The lowest BCUT2D eigenvalue weighted by Gasteiger charge is -2.10. The second kappa shape index (κ2) is 6.45. The average Bonchev–Trinajstić information content (AvgIpc) is 2.42. The van der Waals surface area contributed by atoms with Crippen LogP contribution in [0.1, 0.15) is 12.5 Å². The summed E-state index contributed by atoms with van der Waals surface area (Å²) in [5.41, 5.74) is 1.96. The van der Waals surface area contributed by atoms with Crippen LogP contribution < -0.4 is 10.6 Å². The summed E-state index contributed by atoms with van der Waals surface area (Å²) in [5, 5.41) is 15.2. The first-order chi connectivity index (χ1) is 9.95. The first-order valence-electron chi connectivity index (χ1n) is 6.24. The van der Waals surface area contributed by atoms with E-state index in [-0.39, 0.29) is 11.7 Å². The van der Waals surface area contributed by atoms with E-state index >= 15 is 0 Å². The van der Waals surface area contributed by atoms with Gasteiger partial charge in [-0.25, -0.2) is 4.39 Å². The van der Waals surface area contributed by atoms with Crippen molar-refractivity contribution in [1.82, 2.24) is 0 Å². The number of phenols is 1. The smallest absolute Gasteiger partial charge is 0.221 e. The number of rotatable bonds is 4. The number of hydrogen-bond acceptors (Lipinski definition) is 3. The molecule has 0 bridgehead atoms. The number of anilines is 2. The molecule has 0 spiro atoms. The third-order valence-corrected chi connectivity index (χ3v) is 3.10. The number of carbonyl (C=O) groups is 1. The lowest BCUT2D eigenvalue weighted by molar-refractivity contribution is -0.114. The van der Waals surface area contributed by atoms with Crippen LogP contribution in [0, 0.1) is 5.82 Å². The Morgan fingerprint density at radius 2 is 2.05 bits per heavy atom. The molecule has 0 fully saturated rings. The Bertz CT molecular complexity index is 677. The van der Waals surface area contributed by atoms with E-state index in [0.717, 1.165) is 5.69 Å². The summed E-state index contributed by atoms with van der Waals surface area (Å²) in [6, 6.07) is 9.30. The molecule has 1 amide bonds. The Hall–Kier alpha value is -2.27. The summed E-state index contributed by atoms with van der Waals surface area (Å²) >= 11 is 6.05. The van der Waals surface area contributed by atoms with Crippen molar-refractivity contribution in [2.75, 3.05) is 10.6 Å². The molecule has 110 valence electrons. The predicted molar refractivity (Wildman–Crippen MR) is 81.1 cm³/mol. The number of carbonyl (C=O) groups excluding carboxylic acids is 1. The Morgan fingerprint density at radius 1 is 1.29 bits per heavy atom. The van der Waals surface area contributed by atoms with Crippen LogP contribution in [0.4, 0.5) is 15.8 Å². The molecule has 0 aromatic heterocycles. The number of phenolic OH excluding ortho intramolecular Hbond substituents is 1. The second-order valence-electron chi connectivity index (χ2n) is 4.52. The molecule has 3 N–H and O–H groups in total. The van der Waals surface area contributed by atoms with E-state index in [2.05, 4.69) is 10.6 Å². The fraction of sp³-hybridized carbons (Fsp3) is 0.133. The molecule has 0 saturated heterocycles. The minimum absolute atomic E-state index is 0.197. The molecule has 0 atom stereocenters. The molecule has 2 aromatic rings. The Balaban J connectivity index is 2.04. The maximum absolute atomic E-state index is 13.2. The Labute approximate surface area is 126 Å². The SMILES string of the molecule is CC(=O)Nc1ccc(NCc2ccc(O)c(F)c2)cc1Cl. The van der Waals surface area contributed by atoms with Gasteiger partial charge in [-0.3, -0.25) is 4.79 Å². The van der Waals surface area contributed by atoms with Gasteiger partial charge in [0.15, 0.2) is 11.6 Å². The normalized spacial score (nSPS) is 10.2. The lowest BCUT2D eigenvalue weighted by Crippen LogP contribution is -2.06. The van der Waals surface area contributed by atoms with Crippen LogP contribution in [0.25, 0.3) is 0 Å². The van der Waals surface area contributed by atoms with Crippen molar-refractivity contribution in [3.8, 4) is 5.75 Å². The van der Waals surface area contributed by atoms with Gasteiger partial charge in [0.25, 0.3) is 0 Å². The van der Waals surface area contributed by atoms with Crippen LogP contribution in [0.2, 0.25) is 5.02 Å². The molecule has 0 saturated carbocycles. The van der Waals surface area contributed by atoms with E-state index in [1.807, 2.05) is 0 Å². The minimum Gasteiger partial charge on any atom is -0.505 e. The van der Waals surface area contributed by atoms with E-state index in [1.165, 1.54) is 19.1 Å². The predicted octanol–water partition coefficient (Wildman–Crippen LogP) is 3.76. The largest absolute Gasteiger partial charge is 0.505 e. The highest BCUT2D eigenvalue weighted by Crippen LogP contribution is 2.26. The van der Waals surface area contributed by atoms with Gasteiger partial charge in [0.2, 0.25) is 5.91 Å². The first-order valence-corrected chi connectivity index (χ1v) is 6.62. The van der Waals surface area contributed by atoms with Gasteiger partial charge < -0.3 is 15.7 Å². The number of hydrogen-bond donors (Lipinski definition) is 3. The van der Waals surface area contributed by atoms with Crippen LogP contribution in [0.15, 0.2) is 36.4 Å². The molecule has 0 aliphatic rings. The van der Waals surface area contributed by atoms with Crippen LogP contribution in [0.3, 0.4) is 0 Å². The molecule has 4 nitrogen and oxygen atoms in total. The maximum atomic E-state index is 13.2. The number of halogens is 2. The molecule has 0 radical (unpaired) electrons. The number of amides is 1. The molecule has 0 unspecified atom stereocenters. The van der Waals surface area contributed by atoms with Gasteiger partial charge in [-0.1, -0.05) is 17.7 Å². The number of nitrogens with one attached hydrogen (secondary N) is 2. The topological polar surface area (TPSA) is 61.4 Å². The van der Waals surface area contributed by atoms with E-state index < -0.39 is 5.82 Å². The minimum atomic E-state index is -0.659. The van der Waals surface area contributed by atoms with Crippen molar-refractivity contribution in [2.24, 2.45) is 0 Å². The van der Waals surface area contributed by atoms with Crippen LogP contribution in [-0.4, -0.2) is 11.0 Å². The van der Waals surface area contributed by atoms with Crippen molar-refractivity contribution in [2.45, 2.75) is 13.5 Å². The zero-order chi connectivity index (χ0) is 15.4.